The normalized spacial score (nSPS) is 15.7. The molecule has 0 bridgehead atoms. The van der Waals surface area contributed by atoms with Crippen molar-refractivity contribution in [3.05, 3.63) is 48.3 Å². The molecule has 1 aliphatic carbocycles. The van der Waals surface area contributed by atoms with Crippen LogP contribution in [0, 0.1) is 5.92 Å². The molecule has 21 heavy (non-hydrogen) atoms. The van der Waals surface area contributed by atoms with Crippen molar-refractivity contribution in [3.63, 3.8) is 0 Å². The van der Waals surface area contributed by atoms with Gasteiger partial charge in [0.05, 0.1) is 6.54 Å². The zero-order valence-corrected chi connectivity index (χ0v) is 11.9. The number of carbonyl (C=O) groups excluding carboxylic acids is 1. The number of nitrogens with two attached hydrogens (primary N) is 1. The van der Waals surface area contributed by atoms with Crippen LogP contribution in [0.1, 0.15) is 24.8 Å². The largest absolute Gasteiger partial charge is 0.327 e. The lowest BCUT2D eigenvalue weighted by atomic mass is 10.1. The van der Waals surface area contributed by atoms with Crippen molar-refractivity contribution in [1.82, 2.24) is 9.78 Å². The first-order valence-corrected chi connectivity index (χ1v) is 7.33. The zero-order valence-electron chi connectivity index (χ0n) is 11.9. The van der Waals surface area contributed by atoms with E-state index in [9.17, 15) is 4.79 Å². The summed E-state index contributed by atoms with van der Waals surface area (Å²) < 4.78 is 1.83. The van der Waals surface area contributed by atoms with Crippen LogP contribution in [0.4, 0.5) is 5.69 Å². The lowest BCUT2D eigenvalue weighted by Crippen LogP contribution is -2.29. The van der Waals surface area contributed by atoms with Gasteiger partial charge < -0.3 is 11.1 Å². The molecule has 1 aromatic carbocycles. The van der Waals surface area contributed by atoms with Gasteiger partial charge in [0.25, 0.3) is 0 Å². The summed E-state index contributed by atoms with van der Waals surface area (Å²) in [4.78, 5) is 12.1. The summed E-state index contributed by atoms with van der Waals surface area (Å²) in [5.41, 5.74) is 7.88. The van der Waals surface area contributed by atoms with E-state index in [0.29, 0.717) is 18.9 Å². The van der Waals surface area contributed by atoms with Gasteiger partial charge in [-0.1, -0.05) is 18.2 Å². The Labute approximate surface area is 124 Å². The van der Waals surface area contributed by atoms with E-state index in [1.54, 1.807) is 6.20 Å². The number of hydrogen-bond donors (Lipinski definition) is 2. The van der Waals surface area contributed by atoms with E-state index in [1.807, 2.05) is 41.2 Å². The molecule has 1 saturated carbocycles. The monoisotopic (exact) mass is 284 g/mol. The van der Waals surface area contributed by atoms with Crippen LogP contribution in [0.5, 0.6) is 0 Å². The molecule has 0 saturated heterocycles. The maximum absolute atomic E-state index is 12.1. The van der Waals surface area contributed by atoms with Crippen molar-refractivity contribution in [2.45, 2.75) is 31.8 Å². The fourth-order valence-corrected chi connectivity index (χ4v) is 2.45. The van der Waals surface area contributed by atoms with Gasteiger partial charge in [0.15, 0.2) is 0 Å². The van der Waals surface area contributed by atoms with Crippen LogP contribution in [0.15, 0.2) is 42.7 Å². The summed E-state index contributed by atoms with van der Waals surface area (Å²) in [5.74, 6) is 0.525. The molecule has 5 heteroatoms. The van der Waals surface area contributed by atoms with Crippen LogP contribution in [0.25, 0.3) is 0 Å². The second-order valence-corrected chi connectivity index (χ2v) is 5.61. The summed E-state index contributed by atoms with van der Waals surface area (Å²) in [6.07, 6.45) is 6.35. The van der Waals surface area contributed by atoms with Crippen molar-refractivity contribution in [1.29, 1.82) is 0 Å². The molecule has 1 fully saturated rings. The van der Waals surface area contributed by atoms with E-state index >= 15 is 0 Å². The number of amides is 1. The molecule has 0 spiro atoms. The lowest BCUT2D eigenvalue weighted by Gasteiger charge is -2.13. The Bertz CT molecular complexity index is 604. The number of hydrogen-bond acceptors (Lipinski definition) is 3. The predicted octanol–water partition coefficient (Wildman–Crippen LogP) is 2.00. The summed E-state index contributed by atoms with van der Waals surface area (Å²) in [6.45, 7) is 0.637. The second kappa shape index (κ2) is 6.10. The van der Waals surface area contributed by atoms with Gasteiger partial charge >= 0.3 is 0 Å². The maximum atomic E-state index is 12.1. The highest BCUT2D eigenvalue weighted by atomic mass is 16.1. The molecular weight excluding hydrogens is 264 g/mol. The number of carbonyl (C=O) groups is 1. The van der Waals surface area contributed by atoms with Crippen molar-refractivity contribution in [2.75, 3.05) is 5.32 Å². The summed E-state index contributed by atoms with van der Waals surface area (Å²) >= 11 is 0. The Morgan fingerprint density at radius 3 is 2.90 bits per heavy atom. The van der Waals surface area contributed by atoms with Crippen LogP contribution >= 0.6 is 0 Å². The van der Waals surface area contributed by atoms with Gasteiger partial charge in [0.2, 0.25) is 5.91 Å². The topological polar surface area (TPSA) is 72.9 Å². The number of rotatable bonds is 6. The highest BCUT2D eigenvalue weighted by molar-refractivity contribution is 5.91. The van der Waals surface area contributed by atoms with E-state index in [-0.39, 0.29) is 11.9 Å². The van der Waals surface area contributed by atoms with Crippen molar-refractivity contribution in [3.8, 4) is 0 Å². The summed E-state index contributed by atoms with van der Waals surface area (Å²) in [6, 6.07) is 9.67. The van der Waals surface area contributed by atoms with Gasteiger partial charge in [-0.25, -0.2) is 0 Å². The zero-order chi connectivity index (χ0) is 14.7. The molecule has 0 radical (unpaired) electrons. The molecular formula is C16H20N4O. The summed E-state index contributed by atoms with van der Waals surface area (Å²) in [7, 11) is 0. The molecule has 5 nitrogen and oxygen atoms in total. The minimum Gasteiger partial charge on any atom is -0.327 e. The van der Waals surface area contributed by atoms with Crippen molar-refractivity contribution < 1.29 is 4.79 Å². The maximum Gasteiger partial charge on any atom is 0.225 e. The van der Waals surface area contributed by atoms with E-state index < -0.39 is 0 Å². The minimum absolute atomic E-state index is 0.0109. The molecule has 110 valence electrons. The van der Waals surface area contributed by atoms with E-state index in [1.165, 1.54) is 0 Å². The standard InChI is InChI=1S/C16H20N4O/c17-14(12-6-7-12)10-16(21)19-15-5-2-1-4-13(15)11-20-9-3-8-18-20/h1-5,8-9,12,14H,6-7,10-11,17H2,(H,19,21). The number of aromatic nitrogens is 2. The van der Waals surface area contributed by atoms with Crippen LogP contribution in [-0.2, 0) is 11.3 Å². The van der Waals surface area contributed by atoms with Gasteiger partial charge in [-0.2, -0.15) is 5.10 Å². The first-order chi connectivity index (χ1) is 10.2. The average Bonchev–Trinajstić information content (AvgIpc) is 3.20. The third kappa shape index (κ3) is 3.70. The second-order valence-electron chi connectivity index (χ2n) is 5.61. The highest BCUT2D eigenvalue weighted by Gasteiger charge is 2.29. The smallest absolute Gasteiger partial charge is 0.225 e. The Morgan fingerprint density at radius 2 is 2.19 bits per heavy atom. The fraction of sp³-hybridized carbons (Fsp3) is 0.375. The Hall–Kier alpha value is -2.14. The molecule has 1 amide bonds. The predicted molar refractivity (Wildman–Crippen MR) is 81.7 cm³/mol. The third-order valence-electron chi connectivity index (χ3n) is 3.83. The van der Waals surface area contributed by atoms with E-state index in [2.05, 4.69) is 10.4 Å². The van der Waals surface area contributed by atoms with Crippen LogP contribution < -0.4 is 11.1 Å². The molecule has 0 aliphatic heterocycles. The molecule has 1 heterocycles. The molecule has 1 atom stereocenters. The Kier molecular flexibility index (Phi) is 4.01. The third-order valence-corrected chi connectivity index (χ3v) is 3.83. The van der Waals surface area contributed by atoms with Gasteiger partial charge in [-0.3, -0.25) is 9.48 Å². The van der Waals surface area contributed by atoms with Gasteiger partial charge in [0.1, 0.15) is 0 Å². The van der Waals surface area contributed by atoms with E-state index in [4.69, 9.17) is 5.73 Å². The van der Waals surface area contributed by atoms with Crippen LogP contribution in [-0.4, -0.2) is 21.7 Å². The number of nitrogens with zero attached hydrogens (tertiary/aromatic N) is 2. The Morgan fingerprint density at radius 1 is 1.38 bits per heavy atom. The number of benzene rings is 1. The number of para-hydroxylation sites is 1. The van der Waals surface area contributed by atoms with Crippen LogP contribution in [0.2, 0.25) is 0 Å². The SMILES string of the molecule is NC(CC(=O)Nc1ccccc1Cn1cccn1)C1CC1. The molecule has 1 unspecified atom stereocenters. The van der Waals surface area contributed by atoms with Gasteiger partial charge in [-0.15, -0.1) is 0 Å². The molecule has 1 aliphatic rings. The minimum atomic E-state index is -0.0117. The van der Waals surface area contributed by atoms with Crippen molar-refractivity contribution in [2.24, 2.45) is 11.7 Å². The number of nitrogens with one attached hydrogen (secondary N) is 1. The average molecular weight is 284 g/mol. The molecule has 2 aromatic rings. The molecule has 3 N–H and O–H groups in total. The Balaban J connectivity index is 1.65. The van der Waals surface area contributed by atoms with Gasteiger partial charge in [0, 0.05) is 30.5 Å². The first kappa shape index (κ1) is 13.8. The fourth-order valence-electron chi connectivity index (χ4n) is 2.45. The highest BCUT2D eigenvalue weighted by Crippen LogP contribution is 2.32. The summed E-state index contributed by atoms with van der Waals surface area (Å²) in [5, 5.41) is 7.17. The van der Waals surface area contributed by atoms with Crippen LogP contribution in [0.3, 0.4) is 0 Å². The first-order valence-electron chi connectivity index (χ1n) is 7.33. The quantitative estimate of drug-likeness (QED) is 0.852. The molecule has 1 aromatic heterocycles. The van der Waals surface area contributed by atoms with E-state index in [0.717, 1.165) is 24.1 Å². The van der Waals surface area contributed by atoms with Crippen molar-refractivity contribution >= 4 is 11.6 Å². The number of anilines is 1. The lowest BCUT2D eigenvalue weighted by molar-refractivity contribution is -0.116. The molecule has 3 rings (SSSR count). The van der Waals surface area contributed by atoms with Gasteiger partial charge in [-0.05, 0) is 36.5 Å².